The van der Waals surface area contributed by atoms with Crippen molar-refractivity contribution in [2.24, 2.45) is 5.73 Å². The van der Waals surface area contributed by atoms with E-state index in [4.69, 9.17) is 10.2 Å². The van der Waals surface area contributed by atoms with Crippen LogP contribution in [0.15, 0.2) is 28.7 Å². The molecule has 1 aromatic heterocycles. The van der Waals surface area contributed by atoms with E-state index in [-0.39, 0.29) is 5.91 Å². The molecule has 0 radical (unpaired) electrons. The number of nitrogens with zero attached hydrogens (tertiary/aromatic N) is 1. The zero-order valence-electron chi connectivity index (χ0n) is 8.48. The molecule has 1 aromatic rings. The lowest BCUT2D eigenvalue weighted by molar-refractivity contribution is 0.0737. The van der Waals surface area contributed by atoms with Crippen LogP contribution in [0, 0.1) is 0 Å². The van der Waals surface area contributed by atoms with Gasteiger partial charge < -0.3 is 15.1 Å². The summed E-state index contributed by atoms with van der Waals surface area (Å²) in [6.45, 7) is 1.75. The van der Waals surface area contributed by atoms with Crippen molar-refractivity contribution in [2.45, 2.75) is 13.0 Å². The molecule has 0 aromatic carbocycles. The number of hydrogen-bond acceptors (Lipinski definition) is 3. The van der Waals surface area contributed by atoms with Crippen molar-refractivity contribution >= 4 is 5.91 Å². The lowest BCUT2D eigenvalue weighted by atomic mass is 10.2. The second-order valence-electron chi connectivity index (χ2n) is 3.48. The van der Waals surface area contributed by atoms with Crippen molar-refractivity contribution in [1.29, 1.82) is 0 Å². The maximum absolute atomic E-state index is 11.9. The van der Waals surface area contributed by atoms with Crippen LogP contribution in [0.1, 0.15) is 22.7 Å². The number of carbonyl (C=O) groups is 1. The summed E-state index contributed by atoms with van der Waals surface area (Å²) < 4.78 is 5.31. The van der Waals surface area contributed by atoms with Gasteiger partial charge in [-0.25, -0.2) is 0 Å². The Hall–Kier alpha value is -1.55. The lowest BCUT2D eigenvalue weighted by Gasteiger charge is -2.21. The first kappa shape index (κ1) is 9.98. The van der Waals surface area contributed by atoms with Crippen LogP contribution in [0.4, 0.5) is 0 Å². The fourth-order valence-electron chi connectivity index (χ4n) is 1.58. The van der Waals surface area contributed by atoms with Gasteiger partial charge in [0.25, 0.3) is 5.91 Å². The molecule has 15 heavy (non-hydrogen) atoms. The molecule has 0 unspecified atom stereocenters. The van der Waals surface area contributed by atoms with E-state index < -0.39 is 0 Å². The summed E-state index contributed by atoms with van der Waals surface area (Å²) in [5.74, 6) is 0.968. The van der Waals surface area contributed by atoms with Crippen molar-refractivity contribution in [1.82, 2.24) is 4.90 Å². The number of rotatable bonds is 2. The van der Waals surface area contributed by atoms with E-state index in [1.165, 1.54) is 0 Å². The molecule has 2 N–H and O–H groups in total. The zero-order chi connectivity index (χ0) is 10.7. The Morgan fingerprint density at radius 3 is 2.93 bits per heavy atom. The average molecular weight is 206 g/mol. The van der Waals surface area contributed by atoms with Gasteiger partial charge in [-0.05, 0) is 18.6 Å². The summed E-state index contributed by atoms with van der Waals surface area (Å²) >= 11 is 0. The molecule has 0 saturated heterocycles. The highest BCUT2D eigenvalue weighted by atomic mass is 16.4. The Morgan fingerprint density at radius 1 is 1.47 bits per heavy atom. The molecule has 1 aliphatic heterocycles. The predicted molar refractivity (Wildman–Crippen MR) is 56.3 cm³/mol. The van der Waals surface area contributed by atoms with Gasteiger partial charge in [-0.3, -0.25) is 4.79 Å². The normalized spacial score (nSPS) is 15.7. The van der Waals surface area contributed by atoms with E-state index in [0.29, 0.717) is 24.6 Å². The molecule has 80 valence electrons. The SMILES string of the molecule is NCc1ccc(C(=O)N2CC=CCC2)o1. The Morgan fingerprint density at radius 2 is 2.33 bits per heavy atom. The summed E-state index contributed by atoms with van der Waals surface area (Å²) in [5, 5.41) is 0. The second-order valence-corrected chi connectivity index (χ2v) is 3.48. The first-order valence-electron chi connectivity index (χ1n) is 5.04. The van der Waals surface area contributed by atoms with Crippen molar-refractivity contribution in [3.05, 3.63) is 35.8 Å². The third-order valence-electron chi connectivity index (χ3n) is 2.42. The first-order chi connectivity index (χ1) is 7.31. The monoisotopic (exact) mass is 206 g/mol. The quantitative estimate of drug-likeness (QED) is 0.738. The van der Waals surface area contributed by atoms with E-state index in [1.54, 1.807) is 17.0 Å². The smallest absolute Gasteiger partial charge is 0.289 e. The highest BCUT2D eigenvalue weighted by molar-refractivity contribution is 5.91. The minimum absolute atomic E-state index is 0.0564. The van der Waals surface area contributed by atoms with Gasteiger partial charge >= 0.3 is 0 Å². The molecule has 0 saturated carbocycles. The van der Waals surface area contributed by atoms with Gasteiger partial charge in [-0.2, -0.15) is 0 Å². The van der Waals surface area contributed by atoms with Crippen LogP contribution in [0.5, 0.6) is 0 Å². The fourth-order valence-corrected chi connectivity index (χ4v) is 1.58. The number of amides is 1. The average Bonchev–Trinajstić information content (AvgIpc) is 2.78. The molecule has 2 heterocycles. The Labute approximate surface area is 88.3 Å². The van der Waals surface area contributed by atoms with Gasteiger partial charge in [0.2, 0.25) is 0 Å². The molecule has 0 bridgehead atoms. The predicted octanol–water partition coefficient (Wildman–Crippen LogP) is 1.14. The molecule has 0 spiro atoms. The van der Waals surface area contributed by atoms with E-state index >= 15 is 0 Å². The molecular weight excluding hydrogens is 192 g/mol. The molecule has 1 aliphatic rings. The Kier molecular flexibility index (Phi) is 2.87. The van der Waals surface area contributed by atoms with Crippen molar-refractivity contribution in [2.75, 3.05) is 13.1 Å². The van der Waals surface area contributed by atoms with Crippen molar-refractivity contribution in [3.63, 3.8) is 0 Å². The maximum Gasteiger partial charge on any atom is 0.289 e. The van der Waals surface area contributed by atoms with Gasteiger partial charge in [0, 0.05) is 13.1 Å². The van der Waals surface area contributed by atoms with Gasteiger partial charge in [0.05, 0.1) is 6.54 Å². The van der Waals surface area contributed by atoms with E-state index in [0.717, 1.165) is 13.0 Å². The van der Waals surface area contributed by atoms with Crippen LogP contribution in [-0.4, -0.2) is 23.9 Å². The van der Waals surface area contributed by atoms with Gasteiger partial charge in [0.1, 0.15) is 5.76 Å². The number of nitrogens with two attached hydrogens (primary N) is 1. The zero-order valence-corrected chi connectivity index (χ0v) is 8.48. The van der Waals surface area contributed by atoms with Crippen molar-refractivity contribution in [3.8, 4) is 0 Å². The molecule has 0 fully saturated rings. The van der Waals surface area contributed by atoms with E-state index in [2.05, 4.69) is 6.08 Å². The third-order valence-corrected chi connectivity index (χ3v) is 2.42. The minimum Gasteiger partial charge on any atom is -0.455 e. The van der Waals surface area contributed by atoms with Gasteiger partial charge in [-0.15, -0.1) is 0 Å². The number of hydrogen-bond donors (Lipinski definition) is 1. The summed E-state index contributed by atoms with van der Waals surface area (Å²) in [5.41, 5.74) is 5.41. The molecule has 4 nitrogen and oxygen atoms in total. The molecule has 0 atom stereocenters. The van der Waals surface area contributed by atoms with Crippen LogP contribution in [0.3, 0.4) is 0 Å². The summed E-state index contributed by atoms with van der Waals surface area (Å²) in [7, 11) is 0. The molecule has 0 aliphatic carbocycles. The van der Waals surface area contributed by atoms with Crippen LogP contribution >= 0.6 is 0 Å². The molecule has 1 amide bonds. The Bertz CT molecular complexity index is 382. The molecule has 4 heteroatoms. The largest absolute Gasteiger partial charge is 0.455 e. The highest BCUT2D eigenvalue weighted by Crippen LogP contribution is 2.12. The van der Waals surface area contributed by atoms with Crippen LogP contribution < -0.4 is 5.73 Å². The van der Waals surface area contributed by atoms with Crippen LogP contribution in [0.2, 0.25) is 0 Å². The highest BCUT2D eigenvalue weighted by Gasteiger charge is 2.18. The van der Waals surface area contributed by atoms with Gasteiger partial charge in [0.15, 0.2) is 5.76 Å². The van der Waals surface area contributed by atoms with Crippen molar-refractivity contribution < 1.29 is 9.21 Å². The number of furan rings is 1. The number of carbonyl (C=O) groups excluding carboxylic acids is 1. The van der Waals surface area contributed by atoms with Gasteiger partial charge in [-0.1, -0.05) is 12.2 Å². The fraction of sp³-hybridized carbons (Fsp3) is 0.364. The lowest BCUT2D eigenvalue weighted by Crippen LogP contribution is -2.33. The molecule has 2 rings (SSSR count). The Balaban J connectivity index is 2.09. The summed E-state index contributed by atoms with van der Waals surface area (Å²) in [4.78, 5) is 13.6. The summed E-state index contributed by atoms with van der Waals surface area (Å²) in [6.07, 6.45) is 4.99. The standard InChI is InChI=1S/C11H14N2O2/c12-8-9-4-5-10(15-9)11(14)13-6-2-1-3-7-13/h1-2,4-5H,3,6-8,12H2. The maximum atomic E-state index is 11.9. The molecular formula is C11H14N2O2. The van der Waals surface area contributed by atoms with E-state index in [9.17, 15) is 4.79 Å². The summed E-state index contributed by atoms with van der Waals surface area (Å²) in [6, 6.07) is 3.43. The minimum atomic E-state index is -0.0564. The topological polar surface area (TPSA) is 59.5 Å². The van der Waals surface area contributed by atoms with Crippen LogP contribution in [-0.2, 0) is 6.54 Å². The van der Waals surface area contributed by atoms with E-state index in [1.807, 2.05) is 6.08 Å². The second kappa shape index (κ2) is 4.31. The first-order valence-corrected chi connectivity index (χ1v) is 5.04. The third kappa shape index (κ3) is 2.10. The van der Waals surface area contributed by atoms with Crippen LogP contribution in [0.25, 0.3) is 0 Å².